The summed E-state index contributed by atoms with van der Waals surface area (Å²) in [5.41, 5.74) is 1.64. The molecule has 1 aliphatic rings. The summed E-state index contributed by atoms with van der Waals surface area (Å²) in [7, 11) is 0. The standard InChI is InChI=1S/C16H21NOS/c1-12-9-13(11-16(2,3)10-12)17-15(18)7-6-14-5-4-8-19-14/h4-9,13H,10-11H2,1-3H3,(H,17,18)/b7-6+. The fourth-order valence-electron chi connectivity index (χ4n) is 2.75. The van der Waals surface area contributed by atoms with E-state index in [9.17, 15) is 4.79 Å². The monoisotopic (exact) mass is 275 g/mol. The van der Waals surface area contributed by atoms with Crippen molar-refractivity contribution in [3.63, 3.8) is 0 Å². The van der Waals surface area contributed by atoms with Crippen LogP contribution in [0.3, 0.4) is 0 Å². The molecule has 1 amide bonds. The predicted molar refractivity (Wildman–Crippen MR) is 82.1 cm³/mol. The van der Waals surface area contributed by atoms with E-state index in [0.29, 0.717) is 0 Å². The van der Waals surface area contributed by atoms with Gasteiger partial charge in [-0.2, -0.15) is 0 Å². The Morgan fingerprint density at radius 3 is 2.95 bits per heavy atom. The number of nitrogens with one attached hydrogen (secondary N) is 1. The molecule has 0 spiro atoms. The van der Waals surface area contributed by atoms with Crippen LogP contribution in [0.4, 0.5) is 0 Å². The molecule has 3 heteroatoms. The van der Waals surface area contributed by atoms with Gasteiger partial charge in [0.05, 0.1) is 0 Å². The number of hydrogen-bond donors (Lipinski definition) is 1. The van der Waals surface area contributed by atoms with Crippen LogP contribution in [0.15, 0.2) is 35.2 Å². The number of hydrogen-bond acceptors (Lipinski definition) is 2. The summed E-state index contributed by atoms with van der Waals surface area (Å²) in [4.78, 5) is 13.0. The van der Waals surface area contributed by atoms with Crippen LogP contribution in [-0.4, -0.2) is 11.9 Å². The van der Waals surface area contributed by atoms with Crippen LogP contribution >= 0.6 is 11.3 Å². The van der Waals surface area contributed by atoms with E-state index in [4.69, 9.17) is 0 Å². The normalized spacial score (nSPS) is 22.3. The minimum absolute atomic E-state index is 0.0137. The quantitative estimate of drug-likeness (QED) is 0.655. The van der Waals surface area contributed by atoms with Crippen LogP contribution in [0.5, 0.6) is 0 Å². The summed E-state index contributed by atoms with van der Waals surface area (Å²) in [6.07, 6.45) is 7.79. The first kappa shape index (κ1) is 14.1. The Morgan fingerprint density at radius 2 is 2.32 bits per heavy atom. The second kappa shape index (κ2) is 5.74. The fourth-order valence-corrected chi connectivity index (χ4v) is 3.37. The maximum absolute atomic E-state index is 11.9. The Balaban J connectivity index is 1.94. The highest BCUT2D eigenvalue weighted by atomic mass is 32.1. The molecular formula is C16H21NOS. The van der Waals surface area contributed by atoms with Crippen molar-refractivity contribution in [1.82, 2.24) is 5.32 Å². The highest BCUT2D eigenvalue weighted by Gasteiger charge is 2.27. The molecule has 0 aromatic carbocycles. The third-order valence-corrected chi connectivity index (χ3v) is 4.12. The average molecular weight is 275 g/mol. The minimum Gasteiger partial charge on any atom is -0.346 e. The van der Waals surface area contributed by atoms with Crippen LogP contribution in [0.25, 0.3) is 6.08 Å². The van der Waals surface area contributed by atoms with Crippen molar-refractivity contribution >= 4 is 23.3 Å². The largest absolute Gasteiger partial charge is 0.346 e. The number of amides is 1. The van der Waals surface area contributed by atoms with Crippen molar-refractivity contribution in [1.29, 1.82) is 0 Å². The number of thiophene rings is 1. The molecule has 2 nitrogen and oxygen atoms in total. The lowest BCUT2D eigenvalue weighted by molar-refractivity contribution is -0.117. The summed E-state index contributed by atoms with van der Waals surface area (Å²) >= 11 is 1.63. The van der Waals surface area contributed by atoms with E-state index in [1.807, 2.05) is 23.6 Å². The average Bonchev–Trinajstić information content (AvgIpc) is 2.75. The second-order valence-electron chi connectivity index (χ2n) is 6.02. The number of allylic oxidation sites excluding steroid dienone is 1. The van der Waals surface area contributed by atoms with E-state index in [2.05, 4.69) is 32.2 Å². The highest BCUT2D eigenvalue weighted by Crippen LogP contribution is 2.34. The maximum atomic E-state index is 11.9. The predicted octanol–water partition coefficient (Wildman–Crippen LogP) is 4.01. The molecule has 1 N–H and O–H groups in total. The van der Waals surface area contributed by atoms with E-state index in [1.54, 1.807) is 17.4 Å². The maximum Gasteiger partial charge on any atom is 0.244 e. The van der Waals surface area contributed by atoms with Crippen molar-refractivity contribution in [3.8, 4) is 0 Å². The molecule has 1 aromatic heterocycles. The van der Waals surface area contributed by atoms with Gasteiger partial charge >= 0.3 is 0 Å². The third-order valence-electron chi connectivity index (χ3n) is 3.29. The Hall–Kier alpha value is -1.35. The Morgan fingerprint density at radius 1 is 1.53 bits per heavy atom. The van der Waals surface area contributed by atoms with Crippen molar-refractivity contribution in [2.75, 3.05) is 0 Å². The summed E-state index contributed by atoms with van der Waals surface area (Å²) in [6, 6.07) is 4.14. The Labute approximate surface area is 119 Å². The molecule has 0 bridgehead atoms. The van der Waals surface area contributed by atoms with Gasteiger partial charge in [-0.15, -0.1) is 11.3 Å². The minimum atomic E-state index is -0.0137. The van der Waals surface area contributed by atoms with Crippen LogP contribution < -0.4 is 5.32 Å². The summed E-state index contributed by atoms with van der Waals surface area (Å²) in [5, 5.41) is 5.08. The molecule has 0 aliphatic heterocycles. The highest BCUT2D eigenvalue weighted by molar-refractivity contribution is 7.10. The fraction of sp³-hybridized carbons (Fsp3) is 0.438. The number of carbonyl (C=O) groups excluding carboxylic acids is 1. The van der Waals surface area contributed by atoms with E-state index in [-0.39, 0.29) is 17.4 Å². The van der Waals surface area contributed by atoms with Gasteiger partial charge in [-0.25, -0.2) is 0 Å². The Kier molecular flexibility index (Phi) is 4.25. The van der Waals surface area contributed by atoms with Crippen molar-refractivity contribution in [3.05, 3.63) is 40.1 Å². The molecule has 1 aromatic rings. The van der Waals surface area contributed by atoms with E-state index >= 15 is 0 Å². The van der Waals surface area contributed by atoms with Crippen molar-refractivity contribution in [2.45, 2.75) is 39.7 Å². The lowest BCUT2D eigenvalue weighted by Gasteiger charge is -2.34. The van der Waals surface area contributed by atoms with Crippen molar-refractivity contribution < 1.29 is 4.79 Å². The van der Waals surface area contributed by atoms with E-state index < -0.39 is 0 Å². The van der Waals surface area contributed by atoms with Gasteiger partial charge in [0.1, 0.15) is 0 Å². The first-order valence-electron chi connectivity index (χ1n) is 6.64. The van der Waals surface area contributed by atoms with Crippen LogP contribution in [0.1, 0.15) is 38.5 Å². The lowest BCUT2D eigenvalue weighted by atomic mass is 9.76. The molecule has 19 heavy (non-hydrogen) atoms. The molecule has 0 radical (unpaired) electrons. The zero-order chi connectivity index (χ0) is 13.9. The lowest BCUT2D eigenvalue weighted by Crippen LogP contribution is -2.38. The smallest absolute Gasteiger partial charge is 0.244 e. The number of carbonyl (C=O) groups is 1. The molecule has 0 fully saturated rings. The van der Waals surface area contributed by atoms with Gasteiger partial charge in [0.2, 0.25) is 5.91 Å². The third kappa shape index (κ3) is 4.35. The zero-order valence-corrected chi connectivity index (χ0v) is 12.6. The van der Waals surface area contributed by atoms with Gasteiger partial charge in [0, 0.05) is 17.0 Å². The molecule has 1 atom stereocenters. The second-order valence-corrected chi connectivity index (χ2v) is 7.00. The van der Waals surface area contributed by atoms with Gasteiger partial charge in [-0.05, 0) is 42.7 Å². The first-order valence-corrected chi connectivity index (χ1v) is 7.52. The van der Waals surface area contributed by atoms with Crippen molar-refractivity contribution in [2.24, 2.45) is 5.41 Å². The van der Waals surface area contributed by atoms with Crippen LogP contribution in [0, 0.1) is 5.41 Å². The Bertz CT molecular complexity index is 497. The van der Waals surface area contributed by atoms with E-state index in [1.165, 1.54) is 5.57 Å². The van der Waals surface area contributed by atoms with Gasteiger partial charge in [0.15, 0.2) is 0 Å². The van der Waals surface area contributed by atoms with Crippen LogP contribution in [0.2, 0.25) is 0 Å². The van der Waals surface area contributed by atoms with E-state index in [0.717, 1.165) is 17.7 Å². The molecule has 1 aliphatic carbocycles. The molecule has 2 rings (SSSR count). The summed E-state index contributed by atoms with van der Waals surface area (Å²) in [5.74, 6) is -0.0137. The van der Waals surface area contributed by atoms with Gasteiger partial charge in [-0.3, -0.25) is 4.79 Å². The molecule has 102 valence electrons. The number of rotatable bonds is 3. The van der Waals surface area contributed by atoms with Crippen LogP contribution in [-0.2, 0) is 4.79 Å². The molecule has 1 heterocycles. The summed E-state index contributed by atoms with van der Waals surface area (Å²) < 4.78 is 0. The summed E-state index contributed by atoms with van der Waals surface area (Å²) in [6.45, 7) is 6.65. The molecule has 0 saturated carbocycles. The molecule has 1 unspecified atom stereocenters. The SMILES string of the molecule is CC1=CC(NC(=O)/C=C/c2cccs2)CC(C)(C)C1. The first-order chi connectivity index (χ1) is 8.94. The topological polar surface area (TPSA) is 29.1 Å². The zero-order valence-electron chi connectivity index (χ0n) is 11.8. The van der Waals surface area contributed by atoms with Gasteiger partial charge in [0.25, 0.3) is 0 Å². The van der Waals surface area contributed by atoms with Gasteiger partial charge in [-0.1, -0.05) is 31.6 Å². The molecule has 0 saturated heterocycles. The molecular weight excluding hydrogens is 254 g/mol. The van der Waals surface area contributed by atoms with Gasteiger partial charge < -0.3 is 5.32 Å².